The van der Waals surface area contributed by atoms with E-state index in [1.54, 1.807) is 7.11 Å². The summed E-state index contributed by atoms with van der Waals surface area (Å²) in [6.07, 6.45) is 8.12. The van der Waals surface area contributed by atoms with Gasteiger partial charge in [-0.3, -0.25) is 0 Å². The summed E-state index contributed by atoms with van der Waals surface area (Å²) in [7, 11) is 3.85. The van der Waals surface area contributed by atoms with Crippen LogP contribution < -0.4 is 5.32 Å². The molecule has 0 saturated carbocycles. The Morgan fingerprint density at radius 2 is 1.86 bits per heavy atom. The molecule has 0 bridgehead atoms. The lowest BCUT2D eigenvalue weighted by Crippen LogP contribution is -2.26. The Kier molecular flexibility index (Phi) is 9.42. The van der Waals surface area contributed by atoms with Crippen LogP contribution in [0.5, 0.6) is 0 Å². The summed E-state index contributed by atoms with van der Waals surface area (Å²) in [5.74, 6) is 0. The molecule has 0 aromatic heterocycles. The lowest BCUT2D eigenvalue weighted by atomic mass is 10.0. The predicted octanol–water partition coefficient (Wildman–Crippen LogP) is 2.97. The number of unbranched alkanes of at least 4 members (excludes halogenated alkanes) is 2. The summed E-state index contributed by atoms with van der Waals surface area (Å²) >= 11 is 0. The van der Waals surface area contributed by atoms with Gasteiger partial charge in [0.1, 0.15) is 0 Å². The highest BCUT2D eigenvalue weighted by Gasteiger charge is 2.07. The molecule has 0 rings (SSSR count). The summed E-state index contributed by atoms with van der Waals surface area (Å²) in [4.78, 5) is 0. The first-order valence-corrected chi connectivity index (χ1v) is 5.94. The van der Waals surface area contributed by atoms with Gasteiger partial charge in [-0.05, 0) is 33.2 Å². The normalized spacial score (nSPS) is 15.4. The van der Waals surface area contributed by atoms with Crippen LogP contribution in [-0.2, 0) is 4.74 Å². The van der Waals surface area contributed by atoms with Crippen LogP contribution in [0, 0.1) is 0 Å². The second-order valence-electron chi connectivity index (χ2n) is 4.11. The Morgan fingerprint density at radius 1 is 1.14 bits per heavy atom. The molecule has 86 valence electrons. The third-order valence-electron chi connectivity index (χ3n) is 2.89. The van der Waals surface area contributed by atoms with E-state index in [9.17, 15) is 0 Å². The zero-order valence-electron chi connectivity index (χ0n) is 10.3. The van der Waals surface area contributed by atoms with Gasteiger partial charge in [-0.1, -0.05) is 26.2 Å². The molecule has 0 fully saturated rings. The molecule has 0 aromatic rings. The van der Waals surface area contributed by atoms with E-state index in [4.69, 9.17) is 4.74 Å². The minimum Gasteiger partial charge on any atom is -0.382 e. The van der Waals surface area contributed by atoms with Gasteiger partial charge in [0.15, 0.2) is 0 Å². The fourth-order valence-corrected chi connectivity index (χ4v) is 1.63. The predicted molar refractivity (Wildman–Crippen MR) is 62.7 cm³/mol. The second kappa shape index (κ2) is 9.47. The Labute approximate surface area is 89.4 Å². The second-order valence-corrected chi connectivity index (χ2v) is 4.11. The van der Waals surface area contributed by atoms with Gasteiger partial charge >= 0.3 is 0 Å². The monoisotopic (exact) mass is 201 g/mol. The van der Waals surface area contributed by atoms with Crippen molar-refractivity contribution >= 4 is 0 Å². The quantitative estimate of drug-likeness (QED) is 0.579. The summed E-state index contributed by atoms with van der Waals surface area (Å²) in [5, 5.41) is 3.38. The topological polar surface area (TPSA) is 21.3 Å². The molecular weight excluding hydrogens is 174 g/mol. The molecule has 2 unspecified atom stereocenters. The number of methoxy groups -OCH3 is 1. The largest absolute Gasteiger partial charge is 0.382 e. The Hall–Kier alpha value is -0.0800. The first kappa shape index (κ1) is 13.9. The van der Waals surface area contributed by atoms with Crippen molar-refractivity contribution in [2.75, 3.05) is 14.2 Å². The maximum absolute atomic E-state index is 5.24. The Balaban J connectivity index is 3.47. The van der Waals surface area contributed by atoms with Gasteiger partial charge in [-0.25, -0.2) is 0 Å². The van der Waals surface area contributed by atoms with Gasteiger partial charge in [0.05, 0.1) is 6.10 Å². The third-order valence-corrected chi connectivity index (χ3v) is 2.89. The van der Waals surface area contributed by atoms with Gasteiger partial charge in [0, 0.05) is 13.2 Å². The summed E-state index contributed by atoms with van der Waals surface area (Å²) in [5.41, 5.74) is 0. The number of ether oxygens (including phenoxy) is 1. The van der Waals surface area contributed by atoms with Crippen LogP contribution in [0.1, 0.15) is 52.4 Å². The molecule has 0 radical (unpaired) electrons. The van der Waals surface area contributed by atoms with Crippen molar-refractivity contribution in [3.63, 3.8) is 0 Å². The van der Waals surface area contributed by atoms with Crippen molar-refractivity contribution in [1.82, 2.24) is 5.32 Å². The maximum Gasteiger partial charge on any atom is 0.0543 e. The average molecular weight is 201 g/mol. The molecule has 1 N–H and O–H groups in total. The van der Waals surface area contributed by atoms with Crippen LogP contribution in [0.15, 0.2) is 0 Å². The lowest BCUT2D eigenvalue weighted by Gasteiger charge is -2.17. The molecule has 2 nitrogen and oxygen atoms in total. The Bertz CT molecular complexity index is 117. The Morgan fingerprint density at radius 3 is 2.36 bits per heavy atom. The van der Waals surface area contributed by atoms with Crippen molar-refractivity contribution in [3.05, 3.63) is 0 Å². The van der Waals surface area contributed by atoms with Crippen LogP contribution in [0.3, 0.4) is 0 Å². The maximum atomic E-state index is 5.24. The zero-order chi connectivity index (χ0) is 10.8. The molecule has 0 aliphatic rings. The smallest absolute Gasteiger partial charge is 0.0543 e. The number of hydrogen-bond donors (Lipinski definition) is 1. The van der Waals surface area contributed by atoms with Crippen molar-refractivity contribution in [2.24, 2.45) is 0 Å². The number of nitrogens with one attached hydrogen (secondary N) is 1. The summed E-state index contributed by atoms with van der Waals surface area (Å²) < 4.78 is 5.24. The van der Waals surface area contributed by atoms with Crippen molar-refractivity contribution in [1.29, 1.82) is 0 Å². The van der Waals surface area contributed by atoms with E-state index >= 15 is 0 Å². The first-order chi connectivity index (χ1) is 6.74. The van der Waals surface area contributed by atoms with E-state index in [0.717, 1.165) is 6.42 Å². The molecular formula is C12H27NO. The highest BCUT2D eigenvalue weighted by atomic mass is 16.5. The molecule has 0 amide bonds. The molecule has 0 aromatic carbocycles. The van der Waals surface area contributed by atoms with Crippen molar-refractivity contribution in [3.8, 4) is 0 Å². The minimum absolute atomic E-state index is 0.400. The van der Waals surface area contributed by atoms with E-state index in [1.807, 2.05) is 0 Å². The standard InChI is InChI=1S/C12H27NO/c1-5-6-7-8-12(13-3)10-9-11(2)14-4/h11-13H,5-10H2,1-4H3. The number of rotatable bonds is 9. The van der Waals surface area contributed by atoms with Crippen LogP contribution in [0.2, 0.25) is 0 Å². The van der Waals surface area contributed by atoms with Crippen molar-refractivity contribution < 1.29 is 4.74 Å². The van der Waals surface area contributed by atoms with Crippen LogP contribution in [-0.4, -0.2) is 26.3 Å². The highest BCUT2D eigenvalue weighted by Crippen LogP contribution is 2.10. The van der Waals surface area contributed by atoms with Gasteiger partial charge in [-0.2, -0.15) is 0 Å². The van der Waals surface area contributed by atoms with Crippen LogP contribution in [0.25, 0.3) is 0 Å². The summed E-state index contributed by atoms with van der Waals surface area (Å²) in [6, 6.07) is 0.680. The van der Waals surface area contributed by atoms with E-state index in [2.05, 4.69) is 26.2 Å². The molecule has 0 spiro atoms. The van der Waals surface area contributed by atoms with E-state index in [-0.39, 0.29) is 0 Å². The van der Waals surface area contributed by atoms with Gasteiger partial charge in [0.25, 0.3) is 0 Å². The molecule has 2 heteroatoms. The fourth-order valence-electron chi connectivity index (χ4n) is 1.63. The molecule has 14 heavy (non-hydrogen) atoms. The van der Waals surface area contributed by atoms with Crippen LogP contribution in [0.4, 0.5) is 0 Å². The fraction of sp³-hybridized carbons (Fsp3) is 1.00. The van der Waals surface area contributed by atoms with Crippen LogP contribution >= 0.6 is 0 Å². The van der Waals surface area contributed by atoms with E-state index in [0.29, 0.717) is 12.1 Å². The van der Waals surface area contributed by atoms with Gasteiger partial charge in [0.2, 0.25) is 0 Å². The van der Waals surface area contributed by atoms with Gasteiger partial charge < -0.3 is 10.1 Å². The molecule has 2 atom stereocenters. The molecule has 0 saturated heterocycles. The zero-order valence-corrected chi connectivity index (χ0v) is 10.3. The summed E-state index contributed by atoms with van der Waals surface area (Å²) in [6.45, 7) is 4.39. The van der Waals surface area contributed by atoms with Crippen molar-refractivity contribution in [2.45, 2.75) is 64.5 Å². The van der Waals surface area contributed by atoms with Gasteiger partial charge in [-0.15, -0.1) is 0 Å². The molecule has 0 aliphatic carbocycles. The van der Waals surface area contributed by atoms with E-state index in [1.165, 1.54) is 32.1 Å². The molecule has 0 aliphatic heterocycles. The minimum atomic E-state index is 0.400. The first-order valence-electron chi connectivity index (χ1n) is 5.94. The third kappa shape index (κ3) is 7.34. The highest BCUT2D eigenvalue weighted by molar-refractivity contribution is 4.66. The average Bonchev–Trinajstić information content (AvgIpc) is 2.22. The SMILES string of the molecule is CCCCCC(CCC(C)OC)NC. The lowest BCUT2D eigenvalue weighted by molar-refractivity contribution is 0.106. The van der Waals surface area contributed by atoms with E-state index < -0.39 is 0 Å². The molecule has 0 heterocycles. The number of hydrogen-bond acceptors (Lipinski definition) is 2.